The van der Waals surface area contributed by atoms with Crippen molar-refractivity contribution in [1.82, 2.24) is 10.4 Å². The van der Waals surface area contributed by atoms with Crippen molar-refractivity contribution in [3.8, 4) is 0 Å². The number of aliphatic imine (C=N–C) groups is 1. The lowest BCUT2D eigenvalue weighted by atomic mass is 10.0. The van der Waals surface area contributed by atoms with Gasteiger partial charge in [0.2, 0.25) is 5.96 Å². The first kappa shape index (κ1) is 9.47. The number of rotatable bonds is 0. The molecule has 5 nitrogen and oxygen atoms in total. The second-order valence-corrected chi connectivity index (χ2v) is 4.64. The maximum absolute atomic E-state index is 5.74. The molecule has 0 bridgehead atoms. The van der Waals surface area contributed by atoms with Crippen LogP contribution >= 0.6 is 0 Å². The minimum atomic E-state index is -0.219. The molecule has 2 heterocycles. The molecule has 3 rings (SSSR count). The summed E-state index contributed by atoms with van der Waals surface area (Å²) in [5, 5.41) is 5.50. The van der Waals surface area contributed by atoms with Gasteiger partial charge in [0.05, 0.1) is 0 Å². The van der Waals surface area contributed by atoms with Crippen LogP contribution in [0.25, 0.3) is 0 Å². The van der Waals surface area contributed by atoms with E-state index in [2.05, 4.69) is 41.7 Å². The quantitative estimate of drug-likeness (QED) is 0.606. The molecule has 4 N–H and O–H groups in total. The zero-order valence-electron chi connectivity index (χ0n) is 9.36. The number of nitrogens with zero attached hydrogens (tertiary/aromatic N) is 2. The summed E-state index contributed by atoms with van der Waals surface area (Å²) >= 11 is 0. The van der Waals surface area contributed by atoms with Crippen LogP contribution in [0.5, 0.6) is 0 Å². The van der Waals surface area contributed by atoms with Crippen molar-refractivity contribution in [2.75, 3.05) is 5.32 Å². The van der Waals surface area contributed by atoms with Gasteiger partial charge >= 0.3 is 0 Å². The minimum absolute atomic E-state index is 0.0348. The van der Waals surface area contributed by atoms with E-state index in [1.54, 1.807) is 0 Å². The number of anilines is 1. The summed E-state index contributed by atoms with van der Waals surface area (Å²) in [6.07, 6.45) is -0.0348. The van der Waals surface area contributed by atoms with E-state index in [1.807, 2.05) is 17.1 Å². The Bertz CT molecular complexity index is 465. The van der Waals surface area contributed by atoms with Gasteiger partial charge in [-0.1, -0.05) is 18.2 Å². The summed E-state index contributed by atoms with van der Waals surface area (Å²) < 4.78 is 0. The molecular formula is C11H15N5. The number of nitrogens with one attached hydrogen (secondary N) is 2. The highest BCUT2D eigenvalue weighted by Crippen LogP contribution is 2.39. The lowest BCUT2D eigenvalue weighted by Gasteiger charge is -2.44. The molecule has 1 atom stereocenters. The molecule has 0 saturated heterocycles. The number of hydrogen-bond donors (Lipinski definition) is 3. The molecule has 1 aromatic carbocycles. The maximum Gasteiger partial charge on any atom is 0.205 e. The standard InChI is InChI=1S/C11H15N5/c1-11(2)14-8-6-4-3-5-7(8)9-13-10(12)15-16(9)11/h3-6,9,14H,1-2H3,(H3,12,13,15)/t9-/m1/s1. The maximum atomic E-state index is 5.74. The Hall–Kier alpha value is -1.75. The molecular weight excluding hydrogens is 202 g/mol. The van der Waals surface area contributed by atoms with Gasteiger partial charge in [0.15, 0.2) is 6.17 Å². The van der Waals surface area contributed by atoms with Gasteiger partial charge in [-0.2, -0.15) is 5.01 Å². The van der Waals surface area contributed by atoms with Crippen molar-refractivity contribution in [1.29, 1.82) is 0 Å². The van der Waals surface area contributed by atoms with E-state index < -0.39 is 0 Å². The minimum Gasteiger partial charge on any atom is -0.369 e. The highest BCUT2D eigenvalue weighted by molar-refractivity contribution is 5.80. The third kappa shape index (κ3) is 1.18. The lowest BCUT2D eigenvalue weighted by molar-refractivity contribution is 0.0691. The molecule has 0 unspecified atom stereocenters. The first-order valence-corrected chi connectivity index (χ1v) is 5.34. The summed E-state index contributed by atoms with van der Waals surface area (Å²) in [4.78, 5) is 4.42. The van der Waals surface area contributed by atoms with Crippen molar-refractivity contribution in [2.24, 2.45) is 10.7 Å². The topological polar surface area (TPSA) is 65.7 Å². The SMILES string of the molecule is CC1(C)Nc2ccccc2[C@@H]2N=C(N)NN21. The first-order valence-electron chi connectivity index (χ1n) is 5.34. The zero-order valence-corrected chi connectivity index (χ0v) is 9.36. The first-order chi connectivity index (χ1) is 7.58. The molecule has 5 heteroatoms. The van der Waals surface area contributed by atoms with E-state index in [0.29, 0.717) is 5.96 Å². The van der Waals surface area contributed by atoms with Gasteiger partial charge in [-0.15, -0.1) is 0 Å². The lowest BCUT2D eigenvalue weighted by Crippen LogP contribution is -2.58. The van der Waals surface area contributed by atoms with Crippen LogP contribution in [0.1, 0.15) is 25.6 Å². The predicted molar refractivity (Wildman–Crippen MR) is 63.5 cm³/mol. The summed E-state index contributed by atoms with van der Waals surface area (Å²) in [6, 6.07) is 8.17. The normalized spacial score (nSPS) is 26.1. The van der Waals surface area contributed by atoms with Crippen LogP contribution in [0.3, 0.4) is 0 Å². The molecule has 84 valence electrons. The van der Waals surface area contributed by atoms with Crippen molar-refractivity contribution in [3.63, 3.8) is 0 Å². The van der Waals surface area contributed by atoms with Gasteiger partial charge in [-0.25, -0.2) is 4.99 Å². The fourth-order valence-corrected chi connectivity index (χ4v) is 2.28. The second-order valence-electron chi connectivity index (χ2n) is 4.64. The van der Waals surface area contributed by atoms with Gasteiger partial charge in [0.25, 0.3) is 0 Å². The van der Waals surface area contributed by atoms with Crippen LogP contribution in [0.4, 0.5) is 5.69 Å². The number of hydrogen-bond acceptors (Lipinski definition) is 5. The van der Waals surface area contributed by atoms with E-state index in [-0.39, 0.29) is 11.8 Å². The second kappa shape index (κ2) is 2.89. The van der Waals surface area contributed by atoms with Gasteiger partial charge in [-0.3, -0.25) is 5.43 Å². The van der Waals surface area contributed by atoms with Crippen molar-refractivity contribution < 1.29 is 0 Å². The summed E-state index contributed by atoms with van der Waals surface area (Å²) in [7, 11) is 0. The number of nitrogens with two attached hydrogens (primary N) is 1. The fraction of sp³-hybridized carbons (Fsp3) is 0.364. The van der Waals surface area contributed by atoms with Gasteiger partial charge in [0.1, 0.15) is 5.66 Å². The Morgan fingerprint density at radius 3 is 2.94 bits per heavy atom. The average Bonchev–Trinajstić information content (AvgIpc) is 2.61. The summed E-state index contributed by atoms with van der Waals surface area (Å²) in [6.45, 7) is 4.19. The third-order valence-electron chi connectivity index (χ3n) is 3.02. The molecule has 0 saturated carbocycles. The van der Waals surface area contributed by atoms with E-state index in [0.717, 1.165) is 11.3 Å². The van der Waals surface area contributed by atoms with E-state index in [4.69, 9.17) is 5.73 Å². The number of guanidine groups is 1. The van der Waals surface area contributed by atoms with Crippen LogP contribution in [-0.2, 0) is 0 Å². The number of benzene rings is 1. The number of fused-ring (bicyclic) bond motifs is 3. The predicted octanol–water partition coefficient (Wildman–Crippen LogP) is 0.982. The van der Waals surface area contributed by atoms with Crippen LogP contribution < -0.4 is 16.5 Å². The van der Waals surface area contributed by atoms with Crippen molar-refractivity contribution >= 4 is 11.6 Å². The largest absolute Gasteiger partial charge is 0.369 e. The van der Waals surface area contributed by atoms with Crippen molar-refractivity contribution in [3.05, 3.63) is 29.8 Å². The highest BCUT2D eigenvalue weighted by atomic mass is 15.7. The van der Waals surface area contributed by atoms with Crippen LogP contribution in [0, 0.1) is 0 Å². The van der Waals surface area contributed by atoms with E-state index in [1.165, 1.54) is 0 Å². The Morgan fingerprint density at radius 1 is 1.38 bits per heavy atom. The molecule has 0 aromatic heterocycles. The smallest absolute Gasteiger partial charge is 0.205 e. The fourth-order valence-electron chi connectivity index (χ4n) is 2.28. The van der Waals surface area contributed by atoms with Crippen LogP contribution in [0.2, 0.25) is 0 Å². The molecule has 0 aliphatic carbocycles. The Balaban J connectivity index is 2.14. The van der Waals surface area contributed by atoms with Crippen LogP contribution in [-0.4, -0.2) is 16.6 Å². The molecule has 1 aromatic rings. The van der Waals surface area contributed by atoms with Gasteiger partial charge in [0, 0.05) is 11.3 Å². The summed E-state index contributed by atoms with van der Waals surface area (Å²) in [5.41, 5.74) is 10.9. The van der Waals surface area contributed by atoms with Crippen molar-refractivity contribution in [2.45, 2.75) is 25.7 Å². The summed E-state index contributed by atoms with van der Waals surface area (Å²) in [5.74, 6) is 0.469. The number of para-hydroxylation sites is 1. The molecule has 0 radical (unpaired) electrons. The van der Waals surface area contributed by atoms with E-state index in [9.17, 15) is 0 Å². The van der Waals surface area contributed by atoms with Gasteiger partial charge < -0.3 is 11.1 Å². The monoisotopic (exact) mass is 217 g/mol. The highest BCUT2D eigenvalue weighted by Gasteiger charge is 2.42. The Kier molecular flexibility index (Phi) is 1.71. The Morgan fingerprint density at radius 2 is 2.12 bits per heavy atom. The molecule has 2 aliphatic rings. The van der Waals surface area contributed by atoms with E-state index >= 15 is 0 Å². The number of hydrazine groups is 1. The third-order valence-corrected chi connectivity index (χ3v) is 3.02. The van der Waals surface area contributed by atoms with Gasteiger partial charge in [-0.05, 0) is 19.9 Å². The molecule has 16 heavy (non-hydrogen) atoms. The molecule has 0 fully saturated rings. The Labute approximate surface area is 94.3 Å². The zero-order chi connectivity index (χ0) is 11.3. The molecule has 0 spiro atoms. The average molecular weight is 217 g/mol. The molecule has 2 aliphatic heterocycles. The van der Waals surface area contributed by atoms with Crippen LogP contribution in [0.15, 0.2) is 29.3 Å². The molecule has 0 amide bonds.